The first-order valence-electron chi connectivity index (χ1n) is 7.76. The maximum absolute atomic E-state index is 6.78. The SMILES string of the molecule is CC1=CC=CCC1(OC(C)(C)C)[Si](C)(C)C1=[C]([Ti+2])CC=C1.[Cl-].[Cl-]. The molecular formula is C18H27Cl2OSiTi. The fraction of sp³-hybridized carbons (Fsp3) is 0.556. The van der Waals surface area contributed by atoms with E-state index in [0.29, 0.717) is 0 Å². The van der Waals surface area contributed by atoms with Gasteiger partial charge in [0.05, 0.1) is 0 Å². The quantitative estimate of drug-likeness (QED) is 0.547. The number of allylic oxidation sites excluding steroid dienone is 6. The van der Waals surface area contributed by atoms with Gasteiger partial charge in [0, 0.05) is 0 Å². The summed E-state index contributed by atoms with van der Waals surface area (Å²) < 4.78 is 8.31. The van der Waals surface area contributed by atoms with Crippen LogP contribution in [-0.2, 0) is 25.2 Å². The summed E-state index contributed by atoms with van der Waals surface area (Å²) in [4.78, 5) is 0. The normalized spacial score (nSPS) is 24.3. The first kappa shape index (κ1) is 23.4. The van der Waals surface area contributed by atoms with Crippen LogP contribution >= 0.6 is 0 Å². The molecule has 0 aromatic rings. The van der Waals surface area contributed by atoms with Gasteiger partial charge < -0.3 is 24.8 Å². The van der Waals surface area contributed by atoms with Gasteiger partial charge in [-0.15, -0.1) is 0 Å². The number of rotatable bonds is 3. The molecule has 0 aromatic carbocycles. The molecule has 1 nitrogen and oxygen atoms in total. The molecule has 0 amide bonds. The van der Waals surface area contributed by atoms with Crippen molar-refractivity contribution in [2.24, 2.45) is 0 Å². The molecule has 1 atom stereocenters. The largest absolute Gasteiger partial charge is 1.00 e. The van der Waals surface area contributed by atoms with Gasteiger partial charge in [0.1, 0.15) is 0 Å². The molecule has 2 aliphatic rings. The summed E-state index contributed by atoms with van der Waals surface area (Å²) in [6.45, 7) is 13.7. The second-order valence-corrected chi connectivity index (χ2v) is 13.2. The van der Waals surface area contributed by atoms with Gasteiger partial charge in [-0.2, -0.15) is 0 Å². The molecule has 5 heteroatoms. The van der Waals surface area contributed by atoms with Crippen LogP contribution in [0.4, 0.5) is 0 Å². The number of hydrogen-bond acceptors (Lipinski definition) is 1. The minimum absolute atomic E-state index is 0. The zero-order valence-electron chi connectivity index (χ0n) is 15.0. The average Bonchev–Trinajstić information content (AvgIpc) is 2.77. The Morgan fingerprint density at radius 3 is 2.22 bits per heavy atom. The molecule has 0 saturated carbocycles. The second kappa shape index (κ2) is 8.21. The van der Waals surface area contributed by atoms with Crippen molar-refractivity contribution in [2.75, 3.05) is 0 Å². The van der Waals surface area contributed by atoms with Crippen LogP contribution in [0.15, 0.2) is 45.0 Å². The van der Waals surface area contributed by atoms with Crippen LogP contribution in [0.3, 0.4) is 0 Å². The summed E-state index contributed by atoms with van der Waals surface area (Å²) in [6, 6.07) is 0. The van der Waals surface area contributed by atoms with Crippen LogP contribution in [0.5, 0.6) is 0 Å². The summed E-state index contributed by atoms with van der Waals surface area (Å²) in [7, 11) is -1.80. The zero-order chi connectivity index (χ0) is 15.9. The van der Waals surface area contributed by atoms with Crippen LogP contribution in [-0.4, -0.2) is 18.9 Å². The van der Waals surface area contributed by atoms with Gasteiger partial charge in [-0.3, -0.25) is 0 Å². The van der Waals surface area contributed by atoms with Gasteiger partial charge in [0.25, 0.3) is 0 Å². The first-order valence-corrected chi connectivity index (χ1v) is 11.5. The number of hydrogen-bond donors (Lipinski definition) is 0. The molecule has 0 N–H and O–H groups in total. The molecule has 0 fully saturated rings. The maximum Gasteiger partial charge on any atom is -1.00 e. The Labute approximate surface area is 166 Å². The molecule has 1 unspecified atom stereocenters. The minimum Gasteiger partial charge on any atom is -1.00 e. The molecule has 2 aliphatic carbocycles. The monoisotopic (exact) mass is 405 g/mol. The second-order valence-electron chi connectivity index (χ2n) is 7.65. The molecule has 0 spiro atoms. The topological polar surface area (TPSA) is 9.23 Å². The molecule has 0 aliphatic heterocycles. The van der Waals surface area contributed by atoms with E-state index in [-0.39, 0.29) is 35.6 Å². The molecule has 0 saturated heterocycles. The van der Waals surface area contributed by atoms with E-state index in [4.69, 9.17) is 4.74 Å². The summed E-state index contributed by atoms with van der Waals surface area (Å²) in [6.07, 6.45) is 13.5. The van der Waals surface area contributed by atoms with Crippen LogP contribution in [0.1, 0.15) is 40.5 Å². The number of ether oxygens (including phenoxy) is 1. The van der Waals surface area contributed by atoms with Gasteiger partial charge in [0.15, 0.2) is 0 Å². The van der Waals surface area contributed by atoms with Gasteiger partial charge in [-0.25, -0.2) is 0 Å². The predicted molar refractivity (Wildman–Crippen MR) is 89.3 cm³/mol. The Hall–Kier alpha value is 0.431. The van der Waals surface area contributed by atoms with Crippen molar-refractivity contribution >= 4 is 8.07 Å². The van der Waals surface area contributed by atoms with E-state index in [0.717, 1.165) is 12.8 Å². The van der Waals surface area contributed by atoms with Crippen molar-refractivity contribution in [3.8, 4) is 0 Å². The molecule has 0 aromatic heterocycles. The van der Waals surface area contributed by atoms with E-state index in [1.165, 1.54) is 9.45 Å². The van der Waals surface area contributed by atoms with E-state index >= 15 is 0 Å². The van der Waals surface area contributed by atoms with Crippen molar-refractivity contribution in [1.82, 2.24) is 0 Å². The summed E-state index contributed by atoms with van der Waals surface area (Å²) >= 11 is 2.28. The number of halogens is 2. The van der Waals surface area contributed by atoms with E-state index < -0.39 is 8.07 Å². The van der Waals surface area contributed by atoms with E-state index in [2.05, 4.69) is 91.6 Å². The maximum atomic E-state index is 6.78. The molecular weight excluding hydrogens is 379 g/mol. The fourth-order valence-electron chi connectivity index (χ4n) is 3.57. The summed E-state index contributed by atoms with van der Waals surface area (Å²) in [5, 5.41) is 1.44. The van der Waals surface area contributed by atoms with Gasteiger partial charge in [-0.05, 0) is 0 Å². The third kappa shape index (κ3) is 4.54. The van der Waals surface area contributed by atoms with Gasteiger partial charge in [0.2, 0.25) is 0 Å². The molecule has 127 valence electrons. The average molecular weight is 406 g/mol. The van der Waals surface area contributed by atoms with Crippen LogP contribution in [0.25, 0.3) is 0 Å². The molecule has 0 radical (unpaired) electrons. The van der Waals surface area contributed by atoms with Crippen LogP contribution in [0, 0.1) is 0 Å². The van der Waals surface area contributed by atoms with Gasteiger partial charge >= 0.3 is 143 Å². The third-order valence-electron chi connectivity index (χ3n) is 4.62. The van der Waals surface area contributed by atoms with Crippen LogP contribution < -0.4 is 24.8 Å². The molecule has 2 rings (SSSR count). The Bertz CT molecular complexity index is 556. The van der Waals surface area contributed by atoms with Gasteiger partial charge in [-0.1, -0.05) is 0 Å². The Kier molecular flexibility index (Phi) is 8.36. The zero-order valence-corrected chi connectivity index (χ0v) is 19.0. The molecule has 0 bridgehead atoms. The van der Waals surface area contributed by atoms with E-state index in [9.17, 15) is 0 Å². The summed E-state index contributed by atoms with van der Waals surface area (Å²) in [5.74, 6) is 0. The smallest absolute Gasteiger partial charge is 1.00 e. The minimum atomic E-state index is -1.80. The van der Waals surface area contributed by atoms with E-state index in [1.807, 2.05) is 0 Å². The van der Waals surface area contributed by atoms with Crippen molar-refractivity contribution < 1.29 is 50.0 Å². The van der Waals surface area contributed by atoms with E-state index in [1.54, 1.807) is 5.20 Å². The molecule has 0 heterocycles. The Balaban J connectivity index is 0.00000242. The van der Waals surface area contributed by atoms with Crippen LogP contribution in [0.2, 0.25) is 13.1 Å². The molecule has 23 heavy (non-hydrogen) atoms. The van der Waals surface area contributed by atoms with Crippen molar-refractivity contribution in [3.05, 3.63) is 45.0 Å². The Morgan fingerprint density at radius 1 is 1.17 bits per heavy atom. The third-order valence-corrected chi connectivity index (χ3v) is 10.3. The fourth-order valence-corrected chi connectivity index (χ4v) is 9.43. The van der Waals surface area contributed by atoms with Crippen molar-refractivity contribution in [3.63, 3.8) is 0 Å². The standard InChI is InChI=1S/C18H27OSi.2ClH.Ti/c1-15-11-9-10-14-18(15,19-17(2,3)4)20(5,6)16-12-7-8-13-16;;;/h7,9-12H,8,14H2,1-6H3;2*1H;/q;;;+2/p-2. The van der Waals surface area contributed by atoms with Crippen molar-refractivity contribution in [1.29, 1.82) is 0 Å². The first-order chi connectivity index (χ1) is 9.60. The predicted octanol–water partition coefficient (Wildman–Crippen LogP) is -0.998. The Morgan fingerprint density at radius 2 is 1.78 bits per heavy atom. The summed E-state index contributed by atoms with van der Waals surface area (Å²) in [5.41, 5.74) is 1.25. The van der Waals surface area contributed by atoms with Crippen molar-refractivity contribution in [2.45, 2.75) is 64.5 Å².